The lowest BCUT2D eigenvalue weighted by Gasteiger charge is -2.11. The van der Waals surface area contributed by atoms with Crippen molar-refractivity contribution >= 4 is 23.7 Å². The number of benzene rings is 1. The first-order valence-electron chi connectivity index (χ1n) is 10.0. The first-order valence-corrected chi connectivity index (χ1v) is 10.0. The van der Waals surface area contributed by atoms with Gasteiger partial charge in [0.2, 0.25) is 5.90 Å². The molecule has 0 radical (unpaired) electrons. The molecule has 1 aliphatic rings. The van der Waals surface area contributed by atoms with Crippen molar-refractivity contribution in [3.05, 3.63) is 29.3 Å². The predicted molar refractivity (Wildman–Crippen MR) is 118 cm³/mol. The van der Waals surface area contributed by atoms with Gasteiger partial charge in [0.25, 0.3) is 5.91 Å². The molecule has 2 rings (SSSR count). The third kappa shape index (κ3) is 7.96. The van der Waals surface area contributed by atoms with Gasteiger partial charge in [-0.15, -0.1) is 5.10 Å². The van der Waals surface area contributed by atoms with Crippen molar-refractivity contribution in [1.29, 1.82) is 0 Å². The minimum atomic E-state index is -0.353. The molecular formula is C22H31N5O2. The molecule has 2 atom stereocenters. The molecule has 1 aromatic carbocycles. The van der Waals surface area contributed by atoms with Crippen LogP contribution in [0.4, 0.5) is 5.69 Å². The number of anilines is 1. The second kappa shape index (κ2) is 11.2. The molecule has 1 fully saturated rings. The first kappa shape index (κ1) is 22.4. The number of hydrogen-bond donors (Lipinski definition) is 3. The van der Waals surface area contributed by atoms with Gasteiger partial charge in [-0.3, -0.25) is 4.79 Å². The van der Waals surface area contributed by atoms with E-state index < -0.39 is 0 Å². The number of rotatable bonds is 8. The van der Waals surface area contributed by atoms with E-state index in [1.165, 1.54) is 7.11 Å². The van der Waals surface area contributed by atoms with Gasteiger partial charge in [0.05, 0.1) is 25.4 Å². The molecule has 0 heterocycles. The SMILES string of the molecule is CCCNc1cc(/C=N/N=C(\OC)C(C)N)cc(C(=O)N[C@H](C)C#CC2CC2)c1. The minimum absolute atomic E-state index is 0.172. The van der Waals surface area contributed by atoms with Crippen LogP contribution >= 0.6 is 0 Å². The lowest BCUT2D eigenvalue weighted by Crippen LogP contribution is -2.31. The zero-order chi connectivity index (χ0) is 21.2. The Labute approximate surface area is 173 Å². The number of ether oxygens (including phenoxy) is 1. The van der Waals surface area contributed by atoms with E-state index >= 15 is 0 Å². The van der Waals surface area contributed by atoms with Crippen LogP contribution in [-0.4, -0.2) is 43.8 Å². The van der Waals surface area contributed by atoms with Gasteiger partial charge in [-0.2, -0.15) is 5.10 Å². The maximum absolute atomic E-state index is 12.7. The molecule has 0 aromatic heterocycles. The molecule has 0 spiro atoms. The van der Waals surface area contributed by atoms with E-state index in [0.29, 0.717) is 17.4 Å². The Balaban J connectivity index is 2.18. The molecule has 7 heteroatoms. The summed E-state index contributed by atoms with van der Waals surface area (Å²) < 4.78 is 5.10. The Bertz CT molecular complexity index is 816. The van der Waals surface area contributed by atoms with Crippen molar-refractivity contribution < 1.29 is 9.53 Å². The van der Waals surface area contributed by atoms with Crippen LogP contribution in [0.5, 0.6) is 0 Å². The number of nitrogens with two attached hydrogens (primary N) is 1. The standard InChI is InChI=1S/C22H31N5O2/c1-5-10-24-20-12-18(14-25-27-22(29-4)16(3)23)11-19(13-20)21(28)26-15(2)6-7-17-8-9-17/h11-17,24H,5,8-10,23H2,1-4H3,(H,26,28)/b25-14+,27-22-/t15-,16?/m1/s1. The average molecular weight is 398 g/mol. The molecule has 0 bridgehead atoms. The van der Waals surface area contributed by atoms with Crippen LogP contribution in [0.1, 0.15) is 56.0 Å². The van der Waals surface area contributed by atoms with Crippen LogP contribution in [0.2, 0.25) is 0 Å². The van der Waals surface area contributed by atoms with Gasteiger partial charge in [0.15, 0.2) is 0 Å². The molecule has 0 saturated heterocycles. The number of amides is 1. The topological polar surface area (TPSA) is 101 Å². The molecule has 1 amide bonds. The summed E-state index contributed by atoms with van der Waals surface area (Å²) in [5.41, 5.74) is 7.89. The summed E-state index contributed by atoms with van der Waals surface area (Å²) >= 11 is 0. The fourth-order valence-electron chi connectivity index (χ4n) is 2.49. The maximum Gasteiger partial charge on any atom is 0.252 e. The number of carbonyl (C=O) groups is 1. The third-order valence-electron chi connectivity index (χ3n) is 4.19. The fourth-order valence-corrected chi connectivity index (χ4v) is 2.49. The first-order chi connectivity index (χ1) is 13.9. The quantitative estimate of drug-likeness (QED) is 0.272. The van der Waals surface area contributed by atoms with E-state index in [1.807, 2.05) is 19.1 Å². The number of carbonyl (C=O) groups excluding carboxylic acids is 1. The average Bonchev–Trinajstić information content (AvgIpc) is 3.52. The van der Waals surface area contributed by atoms with Crippen molar-refractivity contribution in [3.8, 4) is 11.8 Å². The second-order valence-electron chi connectivity index (χ2n) is 7.20. The van der Waals surface area contributed by atoms with Crippen LogP contribution in [0.15, 0.2) is 28.4 Å². The van der Waals surface area contributed by atoms with Crippen molar-refractivity contribution in [2.24, 2.45) is 21.9 Å². The molecule has 1 aliphatic carbocycles. The summed E-state index contributed by atoms with van der Waals surface area (Å²) in [5, 5.41) is 14.3. The highest BCUT2D eigenvalue weighted by molar-refractivity contribution is 5.98. The van der Waals surface area contributed by atoms with Crippen LogP contribution in [0, 0.1) is 17.8 Å². The molecule has 1 saturated carbocycles. The summed E-state index contributed by atoms with van der Waals surface area (Å²) in [6, 6.07) is 4.96. The predicted octanol–water partition coefficient (Wildman–Crippen LogP) is 2.77. The lowest BCUT2D eigenvalue weighted by atomic mass is 10.1. The Morgan fingerprint density at radius 1 is 1.38 bits per heavy atom. The summed E-state index contributed by atoms with van der Waals surface area (Å²) in [6.07, 6.45) is 4.88. The lowest BCUT2D eigenvalue weighted by molar-refractivity contribution is 0.0948. The molecule has 1 unspecified atom stereocenters. The summed E-state index contributed by atoms with van der Waals surface area (Å²) in [5.74, 6) is 6.96. The van der Waals surface area contributed by atoms with Crippen molar-refractivity contribution in [2.45, 2.75) is 52.1 Å². The van der Waals surface area contributed by atoms with Gasteiger partial charge in [-0.25, -0.2) is 0 Å². The van der Waals surface area contributed by atoms with E-state index in [9.17, 15) is 4.79 Å². The molecule has 1 aromatic rings. The minimum Gasteiger partial charge on any atom is -0.482 e. The van der Waals surface area contributed by atoms with Gasteiger partial charge >= 0.3 is 0 Å². The molecular weight excluding hydrogens is 366 g/mol. The molecule has 156 valence electrons. The largest absolute Gasteiger partial charge is 0.482 e. The van der Waals surface area contributed by atoms with Crippen molar-refractivity contribution in [1.82, 2.24) is 5.32 Å². The number of nitrogens with one attached hydrogen (secondary N) is 2. The highest BCUT2D eigenvalue weighted by atomic mass is 16.5. The van der Waals surface area contributed by atoms with Crippen LogP contribution < -0.4 is 16.4 Å². The van der Waals surface area contributed by atoms with Gasteiger partial charge in [-0.05, 0) is 56.9 Å². The second-order valence-corrected chi connectivity index (χ2v) is 7.20. The maximum atomic E-state index is 12.7. The fraction of sp³-hybridized carbons (Fsp3) is 0.500. The zero-order valence-corrected chi connectivity index (χ0v) is 17.7. The Hall–Kier alpha value is -2.85. The van der Waals surface area contributed by atoms with Crippen LogP contribution in [-0.2, 0) is 4.74 Å². The van der Waals surface area contributed by atoms with E-state index in [-0.39, 0.29) is 18.0 Å². The summed E-state index contributed by atoms with van der Waals surface area (Å²) in [7, 11) is 1.50. The van der Waals surface area contributed by atoms with Crippen molar-refractivity contribution in [2.75, 3.05) is 19.0 Å². The third-order valence-corrected chi connectivity index (χ3v) is 4.19. The molecule has 4 N–H and O–H groups in total. The smallest absolute Gasteiger partial charge is 0.252 e. The summed E-state index contributed by atoms with van der Waals surface area (Å²) in [6.45, 7) is 6.55. The Morgan fingerprint density at radius 3 is 2.76 bits per heavy atom. The normalized spacial score (nSPS) is 16.0. The van der Waals surface area contributed by atoms with E-state index in [4.69, 9.17) is 10.5 Å². The zero-order valence-electron chi connectivity index (χ0n) is 17.7. The molecule has 29 heavy (non-hydrogen) atoms. The van der Waals surface area contributed by atoms with E-state index in [0.717, 1.165) is 37.1 Å². The molecule has 7 nitrogen and oxygen atoms in total. The molecule has 0 aliphatic heterocycles. The van der Waals surface area contributed by atoms with Crippen molar-refractivity contribution in [3.63, 3.8) is 0 Å². The number of hydrogen-bond acceptors (Lipinski definition) is 6. The highest BCUT2D eigenvalue weighted by Crippen LogP contribution is 2.27. The van der Waals surface area contributed by atoms with Crippen LogP contribution in [0.3, 0.4) is 0 Å². The van der Waals surface area contributed by atoms with Gasteiger partial charge in [-0.1, -0.05) is 18.8 Å². The van der Waals surface area contributed by atoms with E-state index in [2.05, 4.69) is 39.6 Å². The Kier molecular flexibility index (Phi) is 8.68. The van der Waals surface area contributed by atoms with Gasteiger partial charge in [0, 0.05) is 23.7 Å². The monoisotopic (exact) mass is 397 g/mol. The van der Waals surface area contributed by atoms with Crippen LogP contribution in [0.25, 0.3) is 0 Å². The number of methoxy groups -OCH3 is 1. The van der Waals surface area contributed by atoms with E-state index in [1.54, 1.807) is 19.2 Å². The Morgan fingerprint density at radius 2 is 2.14 bits per heavy atom. The number of nitrogens with zero attached hydrogens (tertiary/aromatic N) is 2. The van der Waals surface area contributed by atoms with Gasteiger partial charge < -0.3 is 21.1 Å². The summed E-state index contributed by atoms with van der Waals surface area (Å²) in [4.78, 5) is 12.7. The highest BCUT2D eigenvalue weighted by Gasteiger charge is 2.18. The van der Waals surface area contributed by atoms with Gasteiger partial charge in [0.1, 0.15) is 0 Å².